The Balaban J connectivity index is 2.76. The van der Waals surface area contributed by atoms with Crippen LogP contribution < -0.4 is 5.32 Å². The lowest BCUT2D eigenvalue weighted by molar-refractivity contribution is 0.403. The Morgan fingerprint density at radius 3 is 2.50 bits per heavy atom. The van der Waals surface area contributed by atoms with Gasteiger partial charge >= 0.3 is 0 Å². The molecule has 1 aromatic rings. The van der Waals surface area contributed by atoms with Crippen molar-refractivity contribution < 1.29 is 0 Å². The van der Waals surface area contributed by atoms with Crippen molar-refractivity contribution in [2.75, 3.05) is 6.54 Å². The van der Waals surface area contributed by atoms with Gasteiger partial charge in [0.25, 0.3) is 0 Å². The van der Waals surface area contributed by atoms with Crippen molar-refractivity contribution in [3.63, 3.8) is 0 Å². The highest BCUT2D eigenvalue weighted by Gasteiger charge is 2.20. The molecule has 0 bridgehead atoms. The molecule has 1 rings (SSSR count). The van der Waals surface area contributed by atoms with Crippen molar-refractivity contribution in [3.05, 3.63) is 35.9 Å². The van der Waals surface area contributed by atoms with Crippen LogP contribution in [0.15, 0.2) is 30.3 Å². The monoisotopic (exact) mass is 243 g/mol. The average Bonchev–Trinajstić information content (AvgIpc) is 2.43. The summed E-state index contributed by atoms with van der Waals surface area (Å²) >= 11 is 0. The minimum Gasteiger partial charge on any atom is -0.313 e. The summed E-state index contributed by atoms with van der Waals surface area (Å²) in [6.45, 7) is 5.53. The molecule has 0 spiro atoms. The van der Waals surface area contributed by atoms with Gasteiger partial charge in [-0.3, -0.25) is 0 Å². The fourth-order valence-electron chi connectivity index (χ4n) is 2.47. The molecule has 0 aliphatic carbocycles. The first-order valence-electron chi connectivity index (χ1n) is 7.05. The van der Waals surface area contributed by atoms with Crippen molar-refractivity contribution in [2.24, 2.45) is 0 Å². The van der Waals surface area contributed by atoms with Gasteiger partial charge in [-0.25, -0.2) is 0 Å². The number of hydrogen-bond donors (Lipinski definition) is 1. The van der Waals surface area contributed by atoms with E-state index in [2.05, 4.69) is 55.4 Å². The first-order valence-corrected chi connectivity index (χ1v) is 7.05. The summed E-state index contributed by atoms with van der Waals surface area (Å²) < 4.78 is 0. The molecule has 0 fully saturated rings. The fourth-order valence-corrected chi connectivity index (χ4v) is 2.47. The van der Waals surface area contributed by atoms with Gasteiger partial charge in [0.1, 0.15) is 0 Å². The van der Waals surface area contributed by atoms with Crippen LogP contribution in [0.1, 0.15) is 51.0 Å². The van der Waals surface area contributed by atoms with Crippen molar-refractivity contribution in [1.82, 2.24) is 5.32 Å². The number of benzene rings is 1. The van der Waals surface area contributed by atoms with Gasteiger partial charge in [0.15, 0.2) is 0 Å². The Hall–Kier alpha value is -1.26. The summed E-state index contributed by atoms with van der Waals surface area (Å²) in [4.78, 5) is 0. The molecular weight excluding hydrogens is 218 g/mol. The second-order valence-electron chi connectivity index (χ2n) is 4.73. The zero-order chi connectivity index (χ0) is 13.2. The Morgan fingerprint density at radius 2 is 1.94 bits per heavy atom. The number of nitrogens with one attached hydrogen (secondary N) is 1. The van der Waals surface area contributed by atoms with E-state index in [-0.39, 0.29) is 0 Å². The molecule has 0 radical (unpaired) electrons. The van der Waals surface area contributed by atoms with E-state index >= 15 is 0 Å². The second kappa shape index (κ2) is 8.78. The van der Waals surface area contributed by atoms with Crippen LogP contribution in [0.25, 0.3) is 0 Å². The lowest BCUT2D eigenvalue weighted by Crippen LogP contribution is -2.35. The summed E-state index contributed by atoms with van der Waals surface area (Å²) in [5.41, 5.74) is 1.42. The van der Waals surface area contributed by atoms with Gasteiger partial charge in [-0.15, -0.1) is 12.3 Å². The maximum absolute atomic E-state index is 5.41. The molecule has 1 nitrogen and oxygen atoms in total. The molecule has 1 aromatic carbocycles. The molecule has 2 unspecified atom stereocenters. The first kappa shape index (κ1) is 14.8. The minimum absolute atomic E-state index is 0.494. The van der Waals surface area contributed by atoms with E-state index in [0.29, 0.717) is 12.0 Å². The molecule has 0 aromatic heterocycles. The second-order valence-corrected chi connectivity index (χ2v) is 4.73. The number of hydrogen-bond acceptors (Lipinski definition) is 1. The Labute approximate surface area is 112 Å². The van der Waals surface area contributed by atoms with Gasteiger partial charge in [-0.05, 0) is 37.3 Å². The third-order valence-corrected chi connectivity index (χ3v) is 3.41. The zero-order valence-corrected chi connectivity index (χ0v) is 11.7. The molecular formula is C17H25N. The lowest BCUT2D eigenvalue weighted by Gasteiger charge is -2.27. The highest BCUT2D eigenvalue weighted by Crippen LogP contribution is 2.25. The van der Waals surface area contributed by atoms with Gasteiger partial charge in [-0.2, -0.15) is 0 Å². The van der Waals surface area contributed by atoms with Crippen molar-refractivity contribution in [2.45, 2.75) is 51.5 Å². The SMILES string of the molecule is C#CCCC(NCCC)C(CC)c1ccccc1. The summed E-state index contributed by atoms with van der Waals surface area (Å²) in [6, 6.07) is 11.3. The van der Waals surface area contributed by atoms with Crippen LogP contribution in [0, 0.1) is 12.3 Å². The predicted molar refractivity (Wildman–Crippen MR) is 79.6 cm³/mol. The van der Waals surface area contributed by atoms with Gasteiger partial charge in [-0.1, -0.05) is 44.2 Å². The van der Waals surface area contributed by atoms with E-state index in [4.69, 9.17) is 6.42 Å². The quantitative estimate of drug-likeness (QED) is 0.681. The van der Waals surface area contributed by atoms with Gasteiger partial charge in [0, 0.05) is 12.5 Å². The topological polar surface area (TPSA) is 12.0 Å². The van der Waals surface area contributed by atoms with Crippen LogP contribution in [0.2, 0.25) is 0 Å². The van der Waals surface area contributed by atoms with E-state index in [0.717, 1.165) is 32.2 Å². The van der Waals surface area contributed by atoms with E-state index in [1.54, 1.807) is 0 Å². The van der Waals surface area contributed by atoms with E-state index in [1.165, 1.54) is 5.56 Å². The molecule has 1 N–H and O–H groups in total. The van der Waals surface area contributed by atoms with Gasteiger partial charge < -0.3 is 5.32 Å². The molecule has 98 valence electrons. The van der Waals surface area contributed by atoms with Crippen LogP contribution >= 0.6 is 0 Å². The largest absolute Gasteiger partial charge is 0.313 e. The van der Waals surface area contributed by atoms with Crippen molar-refractivity contribution in [3.8, 4) is 12.3 Å². The van der Waals surface area contributed by atoms with Crippen molar-refractivity contribution in [1.29, 1.82) is 0 Å². The third-order valence-electron chi connectivity index (χ3n) is 3.41. The number of terminal acetylenes is 1. The molecule has 0 saturated heterocycles. The predicted octanol–water partition coefficient (Wildman–Crippen LogP) is 3.96. The molecule has 1 heteroatoms. The normalized spacial score (nSPS) is 13.8. The average molecular weight is 243 g/mol. The van der Waals surface area contributed by atoms with Gasteiger partial charge in [0.05, 0.1) is 0 Å². The standard InChI is InChI=1S/C17H25N/c1-4-7-13-17(18-14-5-2)16(6-3)15-11-9-8-10-12-15/h1,8-12,16-18H,5-7,13-14H2,2-3H3. The summed E-state index contributed by atoms with van der Waals surface area (Å²) in [7, 11) is 0. The highest BCUT2D eigenvalue weighted by molar-refractivity contribution is 5.21. The van der Waals surface area contributed by atoms with E-state index in [9.17, 15) is 0 Å². The minimum atomic E-state index is 0.494. The Morgan fingerprint density at radius 1 is 1.22 bits per heavy atom. The zero-order valence-electron chi connectivity index (χ0n) is 11.7. The first-order chi connectivity index (χ1) is 8.83. The van der Waals surface area contributed by atoms with Crippen LogP contribution in [-0.2, 0) is 0 Å². The fraction of sp³-hybridized carbons (Fsp3) is 0.529. The van der Waals surface area contributed by atoms with Crippen LogP contribution in [-0.4, -0.2) is 12.6 Å². The van der Waals surface area contributed by atoms with Gasteiger partial charge in [0.2, 0.25) is 0 Å². The highest BCUT2D eigenvalue weighted by atomic mass is 14.9. The molecule has 0 heterocycles. The Kier molecular flexibility index (Phi) is 7.22. The van der Waals surface area contributed by atoms with Crippen LogP contribution in [0.4, 0.5) is 0 Å². The molecule has 0 aliphatic rings. The molecule has 18 heavy (non-hydrogen) atoms. The smallest absolute Gasteiger partial charge is 0.0145 e. The summed E-state index contributed by atoms with van der Waals surface area (Å²) in [5, 5.41) is 3.66. The van der Waals surface area contributed by atoms with E-state index in [1.807, 2.05) is 0 Å². The number of rotatable bonds is 8. The summed E-state index contributed by atoms with van der Waals surface area (Å²) in [6.07, 6.45) is 9.63. The maximum Gasteiger partial charge on any atom is 0.0145 e. The van der Waals surface area contributed by atoms with Crippen LogP contribution in [0.5, 0.6) is 0 Å². The molecule has 2 atom stereocenters. The molecule has 0 amide bonds. The lowest BCUT2D eigenvalue weighted by atomic mass is 9.86. The maximum atomic E-state index is 5.41. The van der Waals surface area contributed by atoms with Crippen molar-refractivity contribution >= 4 is 0 Å². The summed E-state index contributed by atoms with van der Waals surface area (Å²) in [5.74, 6) is 3.33. The molecule has 0 saturated carbocycles. The molecule has 0 aliphatic heterocycles. The Bertz CT molecular complexity index is 350. The van der Waals surface area contributed by atoms with Crippen LogP contribution in [0.3, 0.4) is 0 Å². The van der Waals surface area contributed by atoms with E-state index < -0.39 is 0 Å². The third kappa shape index (κ3) is 4.55.